The number of amides is 1. The molecule has 7 rings (SSSR count). The number of nitrogens with zero attached hydrogens (tertiary/aromatic N) is 3. The summed E-state index contributed by atoms with van der Waals surface area (Å²) >= 11 is 3.47. The highest BCUT2D eigenvalue weighted by molar-refractivity contribution is 8.00. The Balaban J connectivity index is 1.26. The lowest BCUT2D eigenvalue weighted by atomic mass is 9.89. The zero-order valence-electron chi connectivity index (χ0n) is 20.5. The number of para-hydroxylation sites is 2. The number of thioether (sulfide) groups is 1. The Bertz CT molecular complexity index is 1440. The SMILES string of the molecule is C[C@@H]1CCc2c(sc3nc(C4CC4)nc(SCC(=O)N4c5ccccc5CCc5ccccc54)c23)C1. The zero-order chi connectivity index (χ0) is 24.2. The van der Waals surface area contributed by atoms with Crippen molar-refractivity contribution in [3.63, 3.8) is 0 Å². The van der Waals surface area contributed by atoms with Crippen molar-refractivity contribution >= 4 is 50.6 Å². The third kappa shape index (κ3) is 3.95. The van der Waals surface area contributed by atoms with Crippen LogP contribution < -0.4 is 4.90 Å². The number of aromatic nitrogens is 2. The first kappa shape index (κ1) is 22.5. The van der Waals surface area contributed by atoms with Crippen LogP contribution in [0.4, 0.5) is 11.4 Å². The molecule has 6 heteroatoms. The van der Waals surface area contributed by atoms with Gasteiger partial charge in [0.05, 0.1) is 17.1 Å². The van der Waals surface area contributed by atoms with Crippen molar-refractivity contribution in [2.75, 3.05) is 10.7 Å². The van der Waals surface area contributed by atoms with E-state index in [1.807, 2.05) is 28.4 Å². The lowest BCUT2D eigenvalue weighted by Gasteiger charge is -2.25. The summed E-state index contributed by atoms with van der Waals surface area (Å²) in [7, 11) is 0. The Morgan fingerprint density at radius 2 is 1.67 bits per heavy atom. The van der Waals surface area contributed by atoms with E-state index in [1.165, 1.54) is 46.2 Å². The van der Waals surface area contributed by atoms with Crippen molar-refractivity contribution in [1.29, 1.82) is 0 Å². The normalized spacial score (nSPS) is 18.9. The van der Waals surface area contributed by atoms with Gasteiger partial charge in [-0.05, 0) is 79.7 Å². The van der Waals surface area contributed by atoms with E-state index < -0.39 is 0 Å². The zero-order valence-corrected chi connectivity index (χ0v) is 22.1. The predicted octanol–water partition coefficient (Wildman–Crippen LogP) is 7.25. The maximum Gasteiger partial charge on any atom is 0.241 e. The molecule has 2 aromatic carbocycles. The summed E-state index contributed by atoms with van der Waals surface area (Å²) in [6, 6.07) is 16.7. The second-order valence-electron chi connectivity index (χ2n) is 10.5. The van der Waals surface area contributed by atoms with Crippen LogP contribution in [-0.4, -0.2) is 21.6 Å². The predicted molar refractivity (Wildman–Crippen MR) is 149 cm³/mol. The molecule has 1 aliphatic heterocycles. The van der Waals surface area contributed by atoms with Gasteiger partial charge >= 0.3 is 0 Å². The Kier molecular flexibility index (Phi) is 5.62. The molecule has 0 spiro atoms. The highest BCUT2D eigenvalue weighted by Crippen LogP contribution is 2.45. The van der Waals surface area contributed by atoms with Crippen LogP contribution in [0.15, 0.2) is 53.6 Å². The summed E-state index contributed by atoms with van der Waals surface area (Å²) in [5.41, 5.74) is 5.93. The molecule has 0 N–H and O–H groups in total. The van der Waals surface area contributed by atoms with Crippen LogP contribution >= 0.6 is 23.1 Å². The summed E-state index contributed by atoms with van der Waals surface area (Å²) in [4.78, 5) is 28.6. The fraction of sp³-hybridized carbons (Fsp3) is 0.367. The molecule has 1 fully saturated rings. The van der Waals surface area contributed by atoms with Gasteiger partial charge in [0, 0.05) is 16.2 Å². The molecule has 1 atom stereocenters. The van der Waals surface area contributed by atoms with Gasteiger partial charge in [-0.15, -0.1) is 11.3 Å². The fourth-order valence-corrected chi connectivity index (χ4v) is 8.06. The molecule has 2 aliphatic carbocycles. The molecule has 1 saturated carbocycles. The molecule has 2 aromatic heterocycles. The number of aryl methyl sites for hydroxylation is 3. The van der Waals surface area contributed by atoms with Crippen LogP contribution in [0.1, 0.15) is 59.5 Å². The minimum Gasteiger partial charge on any atom is -0.280 e. The van der Waals surface area contributed by atoms with Gasteiger partial charge < -0.3 is 0 Å². The second kappa shape index (κ2) is 9.00. The highest BCUT2D eigenvalue weighted by Gasteiger charge is 2.31. The Hall–Kier alpha value is -2.70. The van der Waals surface area contributed by atoms with Crippen molar-refractivity contribution in [3.8, 4) is 0 Å². The van der Waals surface area contributed by atoms with Crippen LogP contribution in [0.25, 0.3) is 10.2 Å². The summed E-state index contributed by atoms with van der Waals surface area (Å²) in [6.07, 6.45) is 7.70. The number of anilines is 2. The van der Waals surface area contributed by atoms with Gasteiger partial charge in [0.15, 0.2) is 0 Å². The highest BCUT2D eigenvalue weighted by atomic mass is 32.2. The Labute approximate surface area is 220 Å². The van der Waals surface area contributed by atoms with E-state index in [2.05, 4.69) is 43.3 Å². The maximum atomic E-state index is 14.0. The summed E-state index contributed by atoms with van der Waals surface area (Å²) < 4.78 is 0. The first-order valence-electron chi connectivity index (χ1n) is 13.1. The molecule has 4 nitrogen and oxygen atoms in total. The molecule has 0 radical (unpaired) electrons. The van der Waals surface area contributed by atoms with Crippen LogP contribution in [0.5, 0.6) is 0 Å². The van der Waals surface area contributed by atoms with Crippen LogP contribution in [0, 0.1) is 5.92 Å². The molecular formula is C30H29N3OS2. The number of carbonyl (C=O) groups excluding carboxylic acids is 1. The van der Waals surface area contributed by atoms with Crippen molar-refractivity contribution in [2.24, 2.45) is 5.92 Å². The molecule has 0 bridgehead atoms. The van der Waals surface area contributed by atoms with Gasteiger partial charge in [0.25, 0.3) is 0 Å². The molecule has 0 saturated heterocycles. The standard InChI is InChI=1S/C30H29N3OS2/c1-18-10-15-22-25(16-18)36-30-27(22)29(31-28(32-30)21-13-14-21)35-17-26(34)33-23-8-4-2-6-19(23)11-12-20-7-3-5-9-24(20)33/h2-9,18,21H,10-17H2,1H3/t18-/m1/s1. The molecule has 3 heterocycles. The molecule has 182 valence electrons. The third-order valence-corrected chi connectivity index (χ3v) is 9.90. The lowest BCUT2D eigenvalue weighted by molar-refractivity contribution is -0.115. The number of rotatable bonds is 4. The van der Waals surface area contributed by atoms with E-state index in [9.17, 15) is 4.79 Å². The number of hydrogen-bond donors (Lipinski definition) is 0. The van der Waals surface area contributed by atoms with E-state index in [0.717, 1.165) is 58.7 Å². The topological polar surface area (TPSA) is 46.1 Å². The lowest BCUT2D eigenvalue weighted by Crippen LogP contribution is -2.28. The molecule has 36 heavy (non-hydrogen) atoms. The van der Waals surface area contributed by atoms with Crippen molar-refractivity contribution in [3.05, 3.63) is 75.9 Å². The minimum absolute atomic E-state index is 0.110. The van der Waals surface area contributed by atoms with E-state index in [-0.39, 0.29) is 5.91 Å². The van der Waals surface area contributed by atoms with Gasteiger partial charge in [-0.1, -0.05) is 55.1 Å². The van der Waals surface area contributed by atoms with Gasteiger partial charge in [-0.25, -0.2) is 9.97 Å². The number of hydrogen-bond acceptors (Lipinski definition) is 5. The molecular weight excluding hydrogens is 482 g/mol. The van der Waals surface area contributed by atoms with E-state index in [0.29, 0.717) is 11.7 Å². The average Bonchev–Trinajstić information content (AvgIpc) is 3.70. The largest absolute Gasteiger partial charge is 0.280 e. The quantitative estimate of drug-likeness (QED) is 0.214. The van der Waals surface area contributed by atoms with Crippen molar-refractivity contribution in [1.82, 2.24) is 9.97 Å². The van der Waals surface area contributed by atoms with Gasteiger partial charge in [0.2, 0.25) is 5.91 Å². The average molecular weight is 512 g/mol. The summed E-state index contributed by atoms with van der Waals surface area (Å²) in [5.74, 6) is 2.67. The summed E-state index contributed by atoms with van der Waals surface area (Å²) in [6.45, 7) is 2.35. The first-order chi connectivity index (χ1) is 17.7. The van der Waals surface area contributed by atoms with Crippen LogP contribution in [-0.2, 0) is 30.5 Å². The first-order valence-corrected chi connectivity index (χ1v) is 14.9. The molecule has 3 aliphatic rings. The van der Waals surface area contributed by atoms with Crippen LogP contribution in [0.3, 0.4) is 0 Å². The van der Waals surface area contributed by atoms with E-state index in [1.54, 1.807) is 11.8 Å². The Morgan fingerprint density at radius 1 is 0.972 bits per heavy atom. The molecule has 0 unspecified atom stereocenters. The molecule has 4 aromatic rings. The second-order valence-corrected chi connectivity index (χ2v) is 12.5. The number of thiophene rings is 1. The fourth-order valence-electron chi connectivity index (χ4n) is 5.70. The summed E-state index contributed by atoms with van der Waals surface area (Å²) in [5, 5.41) is 2.24. The van der Waals surface area contributed by atoms with Gasteiger partial charge in [-0.3, -0.25) is 9.69 Å². The van der Waals surface area contributed by atoms with Crippen LogP contribution in [0.2, 0.25) is 0 Å². The van der Waals surface area contributed by atoms with Crippen molar-refractivity contribution in [2.45, 2.75) is 62.8 Å². The smallest absolute Gasteiger partial charge is 0.241 e. The molecule has 1 amide bonds. The third-order valence-electron chi connectivity index (χ3n) is 7.79. The Morgan fingerprint density at radius 3 is 2.36 bits per heavy atom. The van der Waals surface area contributed by atoms with Gasteiger partial charge in [0.1, 0.15) is 15.7 Å². The van der Waals surface area contributed by atoms with E-state index in [4.69, 9.17) is 9.97 Å². The number of benzene rings is 2. The van der Waals surface area contributed by atoms with E-state index >= 15 is 0 Å². The maximum absolute atomic E-state index is 14.0. The van der Waals surface area contributed by atoms with Crippen molar-refractivity contribution < 1.29 is 4.79 Å². The number of fused-ring (bicyclic) bond motifs is 5. The number of carbonyl (C=O) groups is 1. The monoisotopic (exact) mass is 511 g/mol. The van der Waals surface area contributed by atoms with Gasteiger partial charge in [-0.2, -0.15) is 0 Å². The minimum atomic E-state index is 0.110.